The topological polar surface area (TPSA) is 21.3 Å². The van der Waals surface area contributed by atoms with Crippen LogP contribution < -0.4 is 10.1 Å². The van der Waals surface area contributed by atoms with E-state index in [9.17, 15) is 0 Å². The Bertz CT molecular complexity index is 343. The van der Waals surface area contributed by atoms with E-state index in [1.807, 2.05) is 12.1 Å². The Morgan fingerprint density at radius 2 is 2.24 bits per heavy atom. The van der Waals surface area contributed by atoms with Crippen LogP contribution in [0, 0.1) is 5.92 Å². The van der Waals surface area contributed by atoms with Gasteiger partial charge in [0.05, 0.1) is 7.11 Å². The van der Waals surface area contributed by atoms with E-state index >= 15 is 0 Å². The highest BCUT2D eigenvalue weighted by Gasteiger charge is 2.35. The van der Waals surface area contributed by atoms with Crippen molar-refractivity contribution < 1.29 is 4.74 Å². The number of nitrogens with one attached hydrogen (secondary N) is 1. The standard InChI is InChI=1S/C14H21NO.ClH/c1-3-5-12-9-14(12)15-10-11-6-4-7-13(8-11)16-2;/h4,6-8,12,14-15H,3,5,9-10H2,1-2H3;1H. The van der Waals surface area contributed by atoms with Gasteiger partial charge in [-0.15, -0.1) is 12.4 Å². The van der Waals surface area contributed by atoms with Crippen LogP contribution in [0.3, 0.4) is 0 Å². The zero-order valence-corrected chi connectivity index (χ0v) is 11.4. The summed E-state index contributed by atoms with van der Waals surface area (Å²) in [5.41, 5.74) is 1.31. The molecule has 17 heavy (non-hydrogen) atoms. The van der Waals surface area contributed by atoms with Crippen molar-refractivity contribution in [2.45, 2.75) is 38.8 Å². The monoisotopic (exact) mass is 255 g/mol. The molecule has 1 aromatic rings. The van der Waals surface area contributed by atoms with Gasteiger partial charge in [-0.3, -0.25) is 0 Å². The number of methoxy groups -OCH3 is 1. The summed E-state index contributed by atoms with van der Waals surface area (Å²) in [6, 6.07) is 9.04. The van der Waals surface area contributed by atoms with Crippen molar-refractivity contribution >= 4 is 12.4 Å². The van der Waals surface area contributed by atoms with Crippen LogP contribution in [0.1, 0.15) is 31.7 Å². The fourth-order valence-corrected chi connectivity index (χ4v) is 2.22. The SMILES string of the molecule is CCCC1CC1NCc1cccc(OC)c1.Cl. The molecule has 2 rings (SSSR count). The molecule has 96 valence electrons. The summed E-state index contributed by atoms with van der Waals surface area (Å²) in [7, 11) is 1.71. The van der Waals surface area contributed by atoms with Crippen LogP contribution in [0.25, 0.3) is 0 Å². The minimum absolute atomic E-state index is 0. The molecular weight excluding hydrogens is 234 g/mol. The minimum atomic E-state index is 0. The summed E-state index contributed by atoms with van der Waals surface area (Å²) in [5.74, 6) is 1.87. The van der Waals surface area contributed by atoms with E-state index in [1.54, 1.807) is 7.11 Å². The number of benzene rings is 1. The predicted octanol–water partition coefficient (Wildman–Crippen LogP) is 3.40. The molecule has 1 fully saturated rings. The third kappa shape index (κ3) is 4.21. The molecule has 0 amide bonds. The number of rotatable bonds is 6. The van der Waals surface area contributed by atoms with Gasteiger partial charge in [0.1, 0.15) is 5.75 Å². The van der Waals surface area contributed by atoms with Crippen molar-refractivity contribution in [3.8, 4) is 5.75 Å². The van der Waals surface area contributed by atoms with Crippen LogP contribution in [0.4, 0.5) is 0 Å². The Hall–Kier alpha value is -0.730. The zero-order valence-electron chi connectivity index (χ0n) is 10.6. The molecule has 3 heteroatoms. The van der Waals surface area contributed by atoms with Crippen LogP contribution in [-0.4, -0.2) is 13.2 Å². The third-order valence-corrected chi connectivity index (χ3v) is 3.28. The van der Waals surface area contributed by atoms with Crippen LogP contribution in [-0.2, 0) is 6.54 Å². The first kappa shape index (κ1) is 14.3. The van der Waals surface area contributed by atoms with Gasteiger partial charge >= 0.3 is 0 Å². The molecule has 0 heterocycles. The number of hydrogen-bond acceptors (Lipinski definition) is 2. The molecule has 2 atom stereocenters. The number of halogens is 1. The Kier molecular flexibility index (Phi) is 5.79. The second-order valence-electron chi connectivity index (χ2n) is 4.62. The normalized spacial score (nSPS) is 21.8. The van der Waals surface area contributed by atoms with E-state index in [-0.39, 0.29) is 12.4 Å². The predicted molar refractivity (Wildman–Crippen MR) is 73.9 cm³/mol. The second kappa shape index (κ2) is 6.87. The minimum Gasteiger partial charge on any atom is -0.497 e. The molecule has 1 N–H and O–H groups in total. The molecule has 1 saturated carbocycles. The van der Waals surface area contributed by atoms with Gasteiger partial charge in [-0.2, -0.15) is 0 Å². The molecule has 0 spiro atoms. The van der Waals surface area contributed by atoms with Gasteiger partial charge in [0.2, 0.25) is 0 Å². The lowest BCUT2D eigenvalue weighted by atomic mass is 10.2. The van der Waals surface area contributed by atoms with Crippen molar-refractivity contribution in [1.82, 2.24) is 5.32 Å². The molecule has 2 unspecified atom stereocenters. The van der Waals surface area contributed by atoms with Crippen molar-refractivity contribution in [2.24, 2.45) is 5.92 Å². The first-order valence-electron chi connectivity index (χ1n) is 6.19. The van der Waals surface area contributed by atoms with Crippen LogP contribution in [0.2, 0.25) is 0 Å². The Balaban J connectivity index is 0.00000144. The summed E-state index contributed by atoms with van der Waals surface area (Å²) < 4.78 is 5.21. The van der Waals surface area contributed by atoms with Crippen LogP contribution >= 0.6 is 12.4 Å². The lowest BCUT2D eigenvalue weighted by molar-refractivity contribution is 0.414. The maximum Gasteiger partial charge on any atom is 0.119 e. The summed E-state index contributed by atoms with van der Waals surface area (Å²) >= 11 is 0. The largest absolute Gasteiger partial charge is 0.497 e. The van der Waals surface area contributed by atoms with Gasteiger partial charge in [0.25, 0.3) is 0 Å². The van der Waals surface area contributed by atoms with Gasteiger partial charge in [0.15, 0.2) is 0 Å². The molecule has 0 aliphatic heterocycles. The summed E-state index contributed by atoms with van der Waals surface area (Å²) in [6.07, 6.45) is 4.04. The van der Waals surface area contributed by atoms with E-state index in [1.165, 1.54) is 24.8 Å². The zero-order chi connectivity index (χ0) is 11.4. The summed E-state index contributed by atoms with van der Waals surface area (Å²) in [5, 5.41) is 3.60. The first-order valence-corrected chi connectivity index (χ1v) is 6.19. The van der Waals surface area contributed by atoms with Crippen molar-refractivity contribution in [2.75, 3.05) is 7.11 Å². The van der Waals surface area contributed by atoms with E-state index < -0.39 is 0 Å². The number of ether oxygens (including phenoxy) is 1. The average Bonchev–Trinajstić information content (AvgIpc) is 3.06. The average molecular weight is 256 g/mol. The Morgan fingerprint density at radius 3 is 2.94 bits per heavy atom. The second-order valence-corrected chi connectivity index (χ2v) is 4.62. The van der Waals surface area contributed by atoms with E-state index in [4.69, 9.17) is 4.74 Å². The molecule has 2 nitrogen and oxygen atoms in total. The Morgan fingerprint density at radius 1 is 1.41 bits per heavy atom. The molecule has 1 aliphatic rings. The molecule has 1 aromatic carbocycles. The Labute approximate surface area is 110 Å². The molecule has 0 aromatic heterocycles. The molecule has 1 aliphatic carbocycles. The van der Waals surface area contributed by atoms with E-state index in [0.29, 0.717) is 0 Å². The quantitative estimate of drug-likeness (QED) is 0.841. The highest BCUT2D eigenvalue weighted by atomic mass is 35.5. The summed E-state index contributed by atoms with van der Waals surface area (Å²) in [4.78, 5) is 0. The van der Waals surface area contributed by atoms with Gasteiger partial charge in [0, 0.05) is 12.6 Å². The molecular formula is C14H22ClNO. The van der Waals surface area contributed by atoms with Crippen molar-refractivity contribution in [1.29, 1.82) is 0 Å². The maximum absolute atomic E-state index is 5.21. The highest BCUT2D eigenvalue weighted by molar-refractivity contribution is 5.85. The number of hydrogen-bond donors (Lipinski definition) is 1. The lowest BCUT2D eigenvalue weighted by Gasteiger charge is -2.06. The van der Waals surface area contributed by atoms with E-state index in [2.05, 4.69) is 24.4 Å². The molecule has 0 saturated heterocycles. The van der Waals surface area contributed by atoms with E-state index in [0.717, 1.165) is 24.3 Å². The first-order chi connectivity index (χ1) is 7.83. The fraction of sp³-hybridized carbons (Fsp3) is 0.571. The smallest absolute Gasteiger partial charge is 0.119 e. The van der Waals surface area contributed by atoms with Crippen LogP contribution in [0.15, 0.2) is 24.3 Å². The highest BCUT2D eigenvalue weighted by Crippen LogP contribution is 2.34. The molecule has 0 bridgehead atoms. The van der Waals surface area contributed by atoms with Gasteiger partial charge in [-0.1, -0.05) is 25.5 Å². The van der Waals surface area contributed by atoms with Crippen molar-refractivity contribution in [3.63, 3.8) is 0 Å². The summed E-state index contributed by atoms with van der Waals surface area (Å²) in [6.45, 7) is 3.22. The van der Waals surface area contributed by atoms with Crippen molar-refractivity contribution in [3.05, 3.63) is 29.8 Å². The lowest BCUT2D eigenvalue weighted by Crippen LogP contribution is -2.17. The van der Waals surface area contributed by atoms with Crippen LogP contribution in [0.5, 0.6) is 5.75 Å². The van der Waals surface area contributed by atoms with Gasteiger partial charge in [-0.05, 0) is 36.5 Å². The third-order valence-electron chi connectivity index (χ3n) is 3.28. The maximum atomic E-state index is 5.21. The van der Waals surface area contributed by atoms with Gasteiger partial charge < -0.3 is 10.1 Å². The van der Waals surface area contributed by atoms with Gasteiger partial charge in [-0.25, -0.2) is 0 Å². The fourth-order valence-electron chi connectivity index (χ4n) is 2.22. The molecule has 0 radical (unpaired) electrons.